The first kappa shape index (κ1) is 9.25. The van der Waals surface area contributed by atoms with Crippen LogP contribution in [0.3, 0.4) is 0 Å². The molecule has 0 spiro atoms. The van der Waals surface area contributed by atoms with Gasteiger partial charge in [-0.15, -0.1) is 0 Å². The van der Waals surface area contributed by atoms with Crippen molar-refractivity contribution in [3.05, 3.63) is 22.3 Å². The van der Waals surface area contributed by atoms with Crippen molar-refractivity contribution in [2.45, 2.75) is 0 Å². The Morgan fingerprint density at radius 3 is 2.69 bits per heavy atom. The molecule has 0 saturated carbocycles. The van der Waals surface area contributed by atoms with Crippen LogP contribution >= 0.6 is 11.6 Å². The van der Waals surface area contributed by atoms with Crippen LogP contribution in [0.1, 0.15) is 0 Å². The highest BCUT2D eigenvalue weighted by Crippen LogP contribution is 2.27. The van der Waals surface area contributed by atoms with Crippen LogP contribution in [0.2, 0.25) is 0 Å². The van der Waals surface area contributed by atoms with Gasteiger partial charge >= 0.3 is 0 Å². The van der Waals surface area contributed by atoms with E-state index in [0.29, 0.717) is 0 Å². The molecular formula is C10H15ClN2. The van der Waals surface area contributed by atoms with Gasteiger partial charge in [-0.1, -0.05) is 17.7 Å². The van der Waals surface area contributed by atoms with Gasteiger partial charge in [-0.25, -0.2) is 0 Å². The fourth-order valence-corrected chi connectivity index (χ4v) is 2.31. The van der Waals surface area contributed by atoms with E-state index < -0.39 is 0 Å². The van der Waals surface area contributed by atoms with E-state index in [4.69, 9.17) is 11.6 Å². The van der Waals surface area contributed by atoms with Crippen LogP contribution in [-0.4, -0.2) is 50.1 Å². The summed E-state index contributed by atoms with van der Waals surface area (Å²) in [5.41, 5.74) is 2.78. The second-order valence-electron chi connectivity index (χ2n) is 3.98. The fraction of sp³-hybridized carbons (Fsp3) is 0.600. The topological polar surface area (TPSA) is 6.48 Å². The average molecular weight is 199 g/mol. The van der Waals surface area contributed by atoms with Gasteiger partial charge in [-0.2, -0.15) is 0 Å². The molecule has 2 aliphatic heterocycles. The highest BCUT2D eigenvalue weighted by molar-refractivity contribution is 6.30. The van der Waals surface area contributed by atoms with Crippen molar-refractivity contribution in [2.75, 3.05) is 40.3 Å². The third-order valence-electron chi connectivity index (χ3n) is 2.64. The van der Waals surface area contributed by atoms with Gasteiger partial charge in [0.25, 0.3) is 0 Å². The van der Waals surface area contributed by atoms with Crippen LogP contribution in [0.5, 0.6) is 0 Å². The summed E-state index contributed by atoms with van der Waals surface area (Å²) in [7, 11) is 4.24. The summed E-state index contributed by atoms with van der Waals surface area (Å²) < 4.78 is 0. The van der Waals surface area contributed by atoms with Crippen molar-refractivity contribution in [3.63, 3.8) is 0 Å². The smallest absolute Gasteiger partial charge is 0.0369 e. The molecule has 2 rings (SSSR count). The van der Waals surface area contributed by atoms with Gasteiger partial charge in [0.15, 0.2) is 0 Å². The Labute approximate surface area is 84.5 Å². The van der Waals surface area contributed by atoms with Crippen molar-refractivity contribution in [1.29, 1.82) is 0 Å². The lowest BCUT2D eigenvalue weighted by molar-refractivity contribution is 0.403. The Bertz CT molecular complexity index is 281. The number of nitrogens with zero attached hydrogens (tertiary/aromatic N) is 2. The zero-order valence-corrected chi connectivity index (χ0v) is 8.93. The lowest BCUT2D eigenvalue weighted by atomic mass is 10.1. The molecule has 0 atom stereocenters. The molecule has 0 aromatic heterocycles. The largest absolute Gasteiger partial charge is 0.298 e. The second-order valence-corrected chi connectivity index (χ2v) is 4.44. The minimum Gasteiger partial charge on any atom is -0.298 e. The number of likely N-dealkylation sites (tertiary alicyclic amines) is 1. The predicted octanol–water partition coefficient (Wildman–Crippen LogP) is 1.30. The van der Waals surface area contributed by atoms with Gasteiger partial charge in [0.2, 0.25) is 0 Å². The molecule has 0 amide bonds. The summed E-state index contributed by atoms with van der Waals surface area (Å²) in [5.74, 6) is 0. The molecule has 1 saturated heterocycles. The van der Waals surface area contributed by atoms with Crippen LogP contribution < -0.4 is 0 Å². The molecule has 0 aliphatic carbocycles. The lowest BCUT2D eigenvalue weighted by Crippen LogP contribution is -2.20. The number of hydrogen-bond acceptors (Lipinski definition) is 2. The maximum absolute atomic E-state index is 6.25. The van der Waals surface area contributed by atoms with E-state index in [1.165, 1.54) is 11.1 Å². The molecule has 0 radical (unpaired) electrons. The molecule has 13 heavy (non-hydrogen) atoms. The molecule has 2 heterocycles. The lowest BCUT2D eigenvalue weighted by Gasteiger charge is -2.12. The van der Waals surface area contributed by atoms with E-state index in [-0.39, 0.29) is 0 Å². The van der Waals surface area contributed by atoms with Crippen LogP contribution in [0.25, 0.3) is 0 Å². The maximum Gasteiger partial charge on any atom is 0.0369 e. The minimum absolute atomic E-state index is 0.894. The quantitative estimate of drug-likeness (QED) is 0.579. The van der Waals surface area contributed by atoms with Gasteiger partial charge < -0.3 is 0 Å². The van der Waals surface area contributed by atoms with E-state index in [1.54, 1.807) is 0 Å². The molecule has 2 aliphatic rings. The molecule has 3 heteroatoms. The molecule has 0 N–H and O–H groups in total. The summed E-state index contributed by atoms with van der Waals surface area (Å²) in [5, 5.41) is 1.02. The zero-order chi connectivity index (χ0) is 9.42. The number of halogens is 1. The third kappa shape index (κ3) is 1.80. The fourth-order valence-electron chi connectivity index (χ4n) is 1.92. The monoisotopic (exact) mass is 198 g/mol. The Morgan fingerprint density at radius 1 is 1.15 bits per heavy atom. The van der Waals surface area contributed by atoms with E-state index in [0.717, 1.165) is 31.2 Å². The van der Waals surface area contributed by atoms with Crippen molar-refractivity contribution in [2.24, 2.45) is 0 Å². The van der Waals surface area contributed by atoms with Crippen molar-refractivity contribution >= 4 is 11.6 Å². The first-order valence-corrected chi connectivity index (χ1v) is 4.98. The van der Waals surface area contributed by atoms with Gasteiger partial charge in [0, 0.05) is 31.2 Å². The van der Waals surface area contributed by atoms with E-state index in [1.807, 2.05) is 0 Å². The predicted molar refractivity (Wildman–Crippen MR) is 56.0 cm³/mol. The SMILES string of the molecule is CN1CC=C2CN(C)CC2=C(Cl)C1. The van der Waals surface area contributed by atoms with Gasteiger partial charge in [0.05, 0.1) is 0 Å². The van der Waals surface area contributed by atoms with Crippen LogP contribution in [0.15, 0.2) is 22.3 Å². The standard InChI is InChI=1S/C10H15ClN2/c1-12-4-3-8-5-13(2)6-9(8)10(11)7-12/h3H,4-7H2,1-2H3. The molecule has 1 fully saturated rings. The van der Waals surface area contributed by atoms with Crippen molar-refractivity contribution < 1.29 is 0 Å². The van der Waals surface area contributed by atoms with E-state index >= 15 is 0 Å². The zero-order valence-electron chi connectivity index (χ0n) is 8.18. The third-order valence-corrected chi connectivity index (χ3v) is 2.99. The Morgan fingerprint density at radius 2 is 1.92 bits per heavy atom. The van der Waals surface area contributed by atoms with Crippen molar-refractivity contribution in [1.82, 2.24) is 9.80 Å². The average Bonchev–Trinajstić information content (AvgIpc) is 2.38. The number of fused-ring (bicyclic) bond motifs is 1. The first-order valence-electron chi connectivity index (χ1n) is 4.61. The van der Waals surface area contributed by atoms with Crippen molar-refractivity contribution in [3.8, 4) is 0 Å². The summed E-state index contributed by atoms with van der Waals surface area (Å²) in [6.07, 6.45) is 2.30. The Hall–Kier alpha value is -0.310. The highest BCUT2D eigenvalue weighted by atomic mass is 35.5. The molecule has 72 valence electrons. The molecule has 2 nitrogen and oxygen atoms in total. The first-order chi connectivity index (χ1) is 6.16. The van der Waals surface area contributed by atoms with Crippen LogP contribution in [0, 0.1) is 0 Å². The summed E-state index contributed by atoms with van der Waals surface area (Å²) in [6.45, 7) is 3.98. The Balaban J connectivity index is 2.31. The maximum atomic E-state index is 6.25. The molecule has 0 aromatic carbocycles. The van der Waals surface area contributed by atoms with E-state index in [2.05, 4.69) is 30.0 Å². The molecule has 0 aromatic rings. The summed E-state index contributed by atoms with van der Waals surface area (Å²) in [4.78, 5) is 4.54. The number of hydrogen-bond donors (Lipinski definition) is 0. The summed E-state index contributed by atoms with van der Waals surface area (Å²) in [6, 6.07) is 0. The Kier molecular flexibility index (Phi) is 2.45. The molecular weight excluding hydrogens is 184 g/mol. The van der Waals surface area contributed by atoms with Gasteiger partial charge in [0.1, 0.15) is 0 Å². The molecule has 0 bridgehead atoms. The van der Waals surface area contributed by atoms with Gasteiger partial charge in [-0.05, 0) is 25.2 Å². The summed E-state index contributed by atoms with van der Waals surface area (Å²) >= 11 is 6.25. The van der Waals surface area contributed by atoms with Gasteiger partial charge in [-0.3, -0.25) is 9.80 Å². The van der Waals surface area contributed by atoms with E-state index in [9.17, 15) is 0 Å². The minimum atomic E-state index is 0.894. The number of rotatable bonds is 0. The number of likely N-dealkylation sites (N-methyl/N-ethyl adjacent to an activating group) is 2. The molecule has 0 unspecified atom stereocenters. The van der Waals surface area contributed by atoms with Crippen LogP contribution in [-0.2, 0) is 0 Å². The highest BCUT2D eigenvalue weighted by Gasteiger charge is 2.23. The van der Waals surface area contributed by atoms with Crippen LogP contribution in [0.4, 0.5) is 0 Å². The second kappa shape index (κ2) is 3.45. The normalized spacial score (nSPS) is 25.9.